The highest BCUT2D eigenvalue weighted by molar-refractivity contribution is 7.09. The van der Waals surface area contributed by atoms with Gasteiger partial charge in [-0.2, -0.15) is 0 Å². The van der Waals surface area contributed by atoms with Crippen LogP contribution in [0, 0.1) is 6.92 Å². The number of hydrogen-bond donors (Lipinski definition) is 0. The van der Waals surface area contributed by atoms with Crippen molar-refractivity contribution in [2.75, 3.05) is 76.9 Å². The summed E-state index contributed by atoms with van der Waals surface area (Å²) in [5.74, 6) is 0. The molecule has 2 aliphatic rings. The maximum atomic E-state index is 6.39. The van der Waals surface area contributed by atoms with Gasteiger partial charge in [0.25, 0.3) is 0 Å². The van der Waals surface area contributed by atoms with E-state index < -0.39 is 0 Å². The van der Waals surface area contributed by atoms with Gasteiger partial charge in [-0.1, -0.05) is 48.0 Å². The van der Waals surface area contributed by atoms with E-state index in [-0.39, 0.29) is 0 Å². The molecule has 192 valence electrons. The van der Waals surface area contributed by atoms with Gasteiger partial charge in [-0.05, 0) is 50.6 Å². The lowest BCUT2D eigenvalue weighted by Gasteiger charge is -2.37. The molecule has 0 bridgehead atoms. The molecule has 2 fully saturated rings. The van der Waals surface area contributed by atoms with Crippen LogP contribution in [-0.4, -0.2) is 91.7 Å². The van der Waals surface area contributed by atoms with E-state index in [2.05, 4.69) is 73.3 Å². The highest BCUT2D eigenvalue weighted by Crippen LogP contribution is 2.26. The molecular formula is C29H38ClN5S. The summed E-state index contributed by atoms with van der Waals surface area (Å²) < 4.78 is 0. The quantitative estimate of drug-likeness (QED) is 0.386. The normalized spacial score (nSPS) is 18.1. The minimum absolute atomic E-state index is 0.865. The predicted molar refractivity (Wildman–Crippen MR) is 154 cm³/mol. The number of rotatable bonds is 9. The first kappa shape index (κ1) is 25.7. The van der Waals surface area contributed by atoms with Crippen LogP contribution in [0.3, 0.4) is 0 Å². The van der Waals surface area contributed by atoms with Gasteiger partial charge >= 0.3 is 0 Å². The third-order valence-electron chi connectivity index (χ3n) is 7.56. The number of para-hydroxylation sites is 1. The van der Waals surface area contributed by atoms with Gasteiger partial charge in [-0.15, -0.1) is 11.3 Å². The van der Waals surface area contributed by atoms with Crippen molar-refractivity contribution in [2.24, 2.45) is 0 Å². The number of anilines is 1. The summed E-state index contributed by atoms with van der Waals surface area (Å²) in [6, 6.07) is 17.2. The van der Waals surface area contributed by atoms with Crippen LogP contribution in [0.4, 0.5) is 5.69 Å². The lowest BCUT2D eigenvalue weighted by Crippen LogP contribution is -2.49. The number of halogens is 1. The first-order valence-electron chi connectivity index (χ1n) is 13.3. The second-order valence-corrected chi connectivity index (χ2v) is 11.5. The van der Waals surface area contributed by atoms with Crippen LogP contribution in [-0.2, 0) is 6.42 Å². The summed E-state index contributed by atoms with van der Waals surface area (Å²) in [6.07, 6.45) is 2.38. The van der Waals surface area contributed by atoms with E-state index in [0.717, 1.165) is 54.9 Å². The standard InChI is InChI=1S/C29H38ClN5S/c1-24-31-28(23-36-24)26-9-7-25(8-10-26)11-14-34-17-15-32(16-18-34)12-4-13-33-19-21-35(22-20-33)29-6-3-2-5-27(29)30/h2-3,5-10,23H,4,11-22H2,1H3. The van der Waals surface area contributed by atoms with E-state index in [1.165, 1.54) is 62.5 Å². The van der Waals surface area contributed by atoms with Gasteiger partial charge in [0.1, 0.15) is 0 Å². The van der Waals surface area contributed by atoms with Crippen molar-refractivity contribution in [3.05, 3.63) is 69.5 Å². The molecule has 0 amide bonds. The summed E-state index contributed by atoms with van der Waals surface area (Å²) in [5.41, 5.74) is 4.92. The molecule has 0 saturated carbocycles. The van der Waals surface area contributed by atoms with Gasteiger partial charge < -0.3 is 14.7 Å². The number of nitrogens with zero attached hydrogens (tertiary/aromatic N) is 5. The fraction of sp³-hybridized carbons (Fsp3) is 0.483. The van der Waals surface area contributed by atoms with E-state index >= 15 is 0 Å². The Hall–Kier alpha value is -1.96. The third-order valence-corrected chi connectivity index (χ3v) is 8.66. The summed E-state index contributed by atoms with van der Waals surface area (Å²) in [4.78, 5) is 14.9. The van der Waals surface area contributed by atoms with Gasteiger partial charge in [-0.3, -0.25) is 4.90 Å². The molecule has 0 atom stereocenters. The molecule has 5 rings (SSSR count). The van der Waals surface area contributed by atoms with Crippen LogP contribution in [0.15, 0.2) is 53.9 Å². The summed E-state index contributed by atoms with van der Waals surface area (Å²) in [7, 11) is 0. The lowest BCUT2D eigenvalue weighted by molar-refractivity contribution is 0.127. The molecule has 1 aromatic heterocycles. The van der Waals surface area contributed by atoms with E-state index in [4.69, 9.17) is 11.6 Å². The maximum Gasteiger partial charge on any atom is 0.0901 e. The van der Waals surface area contributed by atoms with Crippen molar-refractivity contribution in [3.8, 4) is 11.3 Å². The average Bonchev–Trinajstić information content (AvgIpc) is 3.35. The van der Waals surface area contributed by atoms with E-state index in [1.54, 1.807) is 11.3 Å². The maximum absolute atomic E-state index is 6.39. The Morgan fingerprint density at radius 2 is 1.39 bits per heavy atom. The zero-order chi connectivity index (χ0) is 24.7. The second kappa shape index (κ2) is 12.5. The van der Waals surface area contributed by atoms with Crippen LogP contribution in [0.1, 0.15) is 17.0 Å². The van der Waals surface area contributed by atoms with Crippen molar-refractivity contribution in [1.82, 2.24) is 19.7 Å². The zero-order valence-electron chi connectivity index (χ0n) is 21.4. The molecule has 3 heterocycles. The summed E-state index contributed by atoms with van der Waals surface area (Å²) in [5, 5.41) is 4.14. The molecule has 36 heavy (non-hydrogen) atoms. The van der Waals surface area contributed by atoms with Crippen molar-refractivity contribution in [3.63, 3.8) is 0 Å². The molecule has 0 radical (unpaired) electrons. The number of benzene rings is 2. The molecule has 2 aromatic carbocycles. The first-order valence-corrected chi connectivity index (χ1v) is 14.6. The van der Waals surface area contributed by atoms with Crippen LogP contribution >= 0.6 is 22.9 Å². The second-order valence-electron chi connectivity index (χ2n) is 10.0. The van der Waals surface area contributed by atoms with Gasteiger partial charge in [0.2, 0.25) is 0 Å². The van der Waals surface area contributed by atoms with Crippen molar-refractivity contribution in [2.45, 2.75) is 19.8 Å². The SMILES string of the molecule is Cc1nc(-c2ccc(CCN3CCN(CCCN4CCN(c5ccccc5Cl)CC4)CC3)cc2)cs1. The van der Waals surface area contributed by atoms with Crippen molar-refractivity contribution < 1.29 is 0 Å². The summed E-state index contributed by atoms with van der Waals surface area (Å²) in [6.45, 7) is 14.8. The minimum atomic E-state index is 0.865. The molecule has 7 heteroatoms. The topological polar surface area (TPSA) is 25.9 Å². The van der Waals surface area contributed by atoms with Gasteiger partial charge in [0.15, 0.2) is 0 Å². The minimum Gasteiger partial charge on any atom is -0.368 e. The third kappa shape index (κ3) is 6.87. The Kier molecular flexibility index (Phi) is 8.93. The molecule has 0 spiro atoms. The lowest BCUT2D eigenvalue weighted by atomic mass is 10.1. The Morgan fingerprint density at radius 1 is 0.778 bits per heavy atom. The first-order chi connectivity index (χ1) is 17.6. The van der Waals surface area contributed by atoms with Crippen LogP contribution < -0.4 is 4.90 Å². The zero-order valence-corrected chi connectivity index (χ0v) is 23.0. The van der Waals surface area contributed by atoms with Crippen LogP contribution in [0.2, 0.25) is 5.02 Å². The highest BCUT2D eigenvalue weighted by Gasteiger charge is 2.20. The van der Waals surface area contributed by atoms with Crippen molar-refractivity contribution in [1.29, 1.82) is 0 Å². The fourth-order valence-corrected chi connectivity index (χ4v) is 6.18. The van der Waals surface area contributed by atoms with E-state index in [0.29, 0.717) is 0 Å². The molecule has 2 aliphatic heterocycles. The van der Waals surface area contributed by atoms with Crippen molar-refractivity contribution >= 4 is 28.6 Å². The molecule has 3 aromatic rings. The number of piperazine rings is 2. The fourth-order valence-electron chi connectivity index (χ4n) is 5.30. The molecule has 2 saturated heterocycles. The van der Waals surface area contributed by atoms with E-state index in [1.807, 2.05) is 12.1 Å². The molecule has 0 N–H and O–H groups in total. The smallest absolute Gasteiger partial charge is 0.0901 e. The average molecular weight is 524 g/mol. The van der Waals surface area contributed by atoms with Gasteiger partial charge in [-0.25, -0.2) is 4.98 Å². The van der Waals surface area contributed by atoms with Crippen LogP contribution in [0.25, 0.3) is 11.3 Å². The Labute approximate surface area is 225 Å². The number of aromatic nitrogens is 1. The van der Waals surface area contributed by atoms with E-state index in [9.17, 15) is 0 Å². The highest BCUT2D eigenvalue weighted by atomic mass is 35.5. The Bertz CT molecular complexity index is 1090. The Morgan fingerprint density at radius 3 is 2.00 bits per heavy atom. The molecule has 5 nitrogen and oxygen atoms in total. The van der Waals surface area contributed by atoms with Gasteiger partial charge in [0, 0.05) is 69.8 Å². The predicted octanol–water partition coefficient (Wildman–Crippen LogP) is 5.14. The largest absolute Gasteiger partial charge is 0.368 e. The molecule has 0 aliphatic carbocycles. The Balaban J connectivity index is 0.956. The monoisotopic (exact) mass is 523 g/mol. The number of aryl methyl sites for hydroxylation is 1. The molecular weight excluding hydrogens is 486 g/mol. The number of hydrogen-bond acceptors (Lipinski definition) is 6. The van der Waals surface area contributed by atoms with Gasteiger partial charge in [0.05, 0.1) is 21.4 Å². The van der Waals surface area contributed by atoms with Crippen LogP contribution in [0.5, 0.6) is 0 Å². The summed E-state index contributed by atoms with van der Waals surface area (Å²) >= 11 is 8.10. The molecule has 0 unspecified atom stereocenters. The number of thiazole rings is 1.